The Hall–Kier alpha value is -1.89. The van der Waals surface area contributed by atoms with Gasteiger partial charge in [0.2, 0.25) is 11.8 Å². The highest BCUT2D eigenvalue weighted by atomic mass is 16.2. The minimum atomic E-state index is -0.712. The Balaban J connectivity index is 1.71. The normalized spacial score (nSPS) is 24.6. The van der Waals surface area contributed by atoms with Crippen LogP contribution in [0.5, 0.6) is 0 Å². The molecule has 2 N–H and O–H groups in total. The molecule has 2 unspecified atom stereocenters. The summed E-state index contributed by atoms with van der Waals surface area (Å²) in [6, 6.07) is 1.57. The Labute approximate surface area is 149 Å². The lowest BCUT2D eigenvalue weighted by molar-refractivity contribution is -0.141. The first-order valence-corrected chi connectivity index (χ1v) is 9.37. The topological polar surface area (TPSA) is 79.3 Å². The van der Waals surface area contributed by atoms with E-state index in [0.717, 1.165) is 32.5 Å². The molecule has 2 amide bonds. The Morgan fingerprint density at radius 1 is 1.32 bits per heavy atom. The summed E-state index contributed by atoms with van der Waals surface area (Å²) < 4.78 is 1.75. The van der Waals surface area contributed by atoms with E-state index in [1.807, 2.05) is 17.2 Å². The third-order valence-corrected chi connectivity index (χ3v) is 5.60. The number of carbonyl (C=O) groups excluding carboxylic acids is 2. The standard InChI is InChI=1S/C18H29N5O2/c1-14-6-3-4-12-22(14)16(24)15(2)21-17(25)18(7-10-19-11-8-18)23-13-5-9-20-23/h5,9,13-15,19H,3-4,6-8,10-12H2,1-2H3,(H,21,25). The Morgan fingerprint density at radius 3 is 2.72 bits per heavy atom. The molecule has 3 heterocycles. The molecule has 3 rings (SSSR count). The van der Waals surface area contributed by atoms with Gasteiger partial charge >= 0.3 is 0 Å². The molecule has 2 aliphatic heterocycles. The Bertz CT molecular complexity index is 595. The van der Waals surface area contributed by atoms with Crippen LogP contribution >= 0.6 is 0 Å². The molecule has 0 aliphatic carbocycles. The smallest absolute Gasteiger partial charge is 0.248 e. The molecule has 0 radical (unpaired) electrons. The van der Waals surface area contributed by atoms with Crippen molar-refractivity contribution < 1.29 is 9.59 Å². The highest BCUT2D eigenvalue weighted by Crippen LogP contribution is 2.27. The fourth-order valence-corrected chi connectivity index (χ4v) is 3.99. The van der Waals surface area contributed by atoms with Crippen molar-refractivity contribution in [3.63, 3.8) is 0 Å². The van der Waals surface area contributed by atoms with Gasteiger partial charge in [0.05, 0.1) is 0 Å². The van der Waals surface area contributed by atoms with Crippen molar-refractivity contribution in [1.29, 1.82) is 0 Å². The SMILES string of the molecule is CC(NC(=O)C1(n2cccn2)CCNCC1)C(=O)N1CCCCC1C. The van der Waals surface area contributed by atoms with E-state index < -0.39 is 11.6 Å². The lowest BCUT2D eigenvalue weighted by atomic mass is 9.87. The molecular formula is C18H29N5O2. The second-order valence-electron chi connectivity index (χ2n) is 7.30. The van der Waals surface area contributed by atoms with Crippen molar-refractivity contribution in [2.75, 3.05) is 19.6 Å². The van der Waals surface area contributed by atoms with Crippen LogP contribution in [0.15, 0.2) is 18.5 Å². The maximum Gasteiger partial charge on any atom is 0.248 e. The molecule has 7 heteroatoms. The summed E-state index contributed by atoms with van der Waals surface area (Å²) >= 11 is 0. The largest absolute Gasteiger partial charge is 0.342 e. The summed E-state index contributed by atoms with van der Waals surface area (Å²) in [5.41, 5.74) is -0.712. The summed E-state index contributed by atoms with van der Waals surface area (Å²) in [5, 5.41) is 10.6. The Kier molecular flexibility index (Phi) is 5.42. The number of hydrogen-bond acceptors (Lipinski definition) is 4. The molecule has 2 saturated heterocycles. The number of piperidine rings is 2. The molecule has 2 aliphatic rings. The minimum absolute atomic E-state index is 0.0186. The summed E-state index contributed by atoms with van der Waals surface area (Å²) in [6.45, 7) is 6.19. The first-order valence-electron chi connectivity index (χ1n) is 9.37. The van der Waals surface area contributed by atoms with Gasteiger partial charge in [-0.25, -0.2) is 0 Å². The molecule has 7 nitrogen and oxygen atoms in total. The first-order chi connectivity index (χ1) is 12.0. The number of nitrogens with one attached hydrogen (secondary N) is 2. The number of nitrogens with zero attached hydrogens (tertiary/aromatic N) is 3. The summed E-state index contributed by atoms with van der Waals surface area (Å²) in [4.78, 5) is 27.8. The van der Waals surface area contributed by atoms with E-state index in [-0.39, 0.29) is 17.9 Å². The molecule has 25 heavy (non-hydrogen) atoms. The van der Waals surface area contributed by atoms with E-state index in [0.29, 0.717) is 12.8 Å². The minimum Gasteiger partial charge on any atom is -0.342 e. The molecule has 138 valence electrons. The number of hydrogen-bond donors (Lipinski definition) is 2. The highest BCUT2D eigenvalue weighted by Gasteiger charge is 2.43. The summed E-state index contributed by atoms with van der Waals surface area (Å²) in [6.07, 6.45) is 8.12. The summed E-state index contributed by atoms with van der Waals surface area (Å²) in [5.74, 6) is -0.0895. The number of amides is 2. The van der Waals surface area contributed by atoms with Gasteiger partial charge in [0.25, 0.3) is 0 Å². The van der Waals surface area contributed by atoms with Gasteiger partial charge in [-0.2, -0.15) is 5.10 Å². The van der Waals surface area contributed by atoms with Gasteiger partial charge < -0.3 is 15.5 Å². The maximum absolute atomic E-state index is 13.1. The monoisotopic (exact) mass is 347 g/mol. The van der Waals surface area contributed by atoms with Gasteiger partial charge in [-0.3, -0.25) is 14.3 Å². The van der Waals surface area contributed by atoms with E-state index in [1.165, 1.54) is 6.42 Å². The quantitative estimate of drug-likeness (QED) is 0.847. The van der Waals surface area contributed by atoms with Crippen LogP contribution in [0.2, 0.25) is 0 Å². The van der Waals surface area contributed by atoms with Crippen LogP contribution in [0.4, 0.5) is 0 Å². The van der Waals surface area contributed by atoms with Gasteiger partial charge in [-0.15, -0.1) is 0 Å². The van der Waals surface area contributed by atoms with Crippen molar-refractivity contribution in [3.05, 3.63) is 18.5 Å². The molecule has 0 bridgehead atoms. The average Bonchev–Trinajstić information content (AvgIpc) is 3.17. The predicted octanol–water partition coefficient (Wildman–Crippen LogP) is 0.868. The van der Waals surface area contributed by atoms with Crippen LogP contribution < -0.4 is 10.6 Å². The van der Waals surface area contributed by atoms with Crippen molar-refractivity contribution >= 4 is 11.8 Å². The van der Waals surface area contributed by atoms with Gasteiger partial charge in [0, 0.05) is 25.0 Å². The van der Waals surface area contributed by atoms with Crippen molar-refractivity contribution in [1.82, 2.24) is 25.3 Å². The van der Waals surface area contributed by atoms with Crippen LogP contribution in [0.1, 0.15) is 46.0 Å². The van der Waals surface area contributed by atoms with Crippen LogP contribution in [-0.4, -0.2) is 58.2 Å². The lowest BCUT2D eigenvalue weighted by Gasteiger charge is -2.39. The molecule has 1 aromatic heterocycles. The zero-order chi connectivity index (χ0) is 17.9. The molecule has 1 aromatic rings. The van der Waals surface area contributed by atoms with E-state index in [1.54, 1.807) is 17.8 Å². The van der Waals surface area contributed by atoms with Gasteiger partial charge in [-0.1, -0.05) is 0 Å². The number of carbonyl (C=O) groups is 2. The van der Waals surface area contributed by atoms with E-state index in [9.17, 15) is 9.59 Å². The maximum atomic E-state index is 13.1. The zero-order valence-electron chi connectivity index (χ0n) is 15.2. The summed E-state index contributed by atoms with van der Waals surface area (Å²) in [7, 11) is 0. The fraction of sp³-hybridized carbons (Fsp3) is 0.722. The number of aromatic nitrogens is 2. The second-order valence-corrected chi connectivity index (χ2v) is 7.30. The van der Waals surface area contributed by atoms with Crippen molar-refractivity contribution in [3.8, 4) is 0 Å². The third kappa shape index (κ3) is 3.56. The number of likely N-dealkylation sites (tertiary alicyclic amines) is 1. The molecular weight excluding hydrogens is 318 g/mol. The van der Waals surface area contributed by atoms with Crippen LogP contribution in [-0.2, 0) is 15.1 Å². The molecule has 0 saturated carbocycles. The van der Waals surface area contributed by atoms with E-state index >= 15 is 0 Å². The zero-order valence-corrected chi connectivity index (χ0v) is 15.2. The van der Waals surface area contributed by atoms with Crippen LogP contribution in [0, 0.1) is 0 Å². The average molecular weight is 347 g/mol. The molecule has 0 spiro atoms. The van der Waals surface area contributed by atoms with Crippen LogP contribution in [0.3, 0.4) is 0 Å². The van der Waals surface area contributed by atoms with Gasteiger partial charge in [0.1, 0.15) is 11.6 Å². The molecule has 2 atom stereocenters. The van der Waals surface area contributed by atoms with Crippen molar-refractivity contribution in [2.45, 2.75) is 63.6 Å². The van der Waals surface area contributed by atoms with Gasteiger partial charge in [-0.05, 0) is 65.1 Å². The van der Waals surface area contributed by atoms with E-state index in [4.69, 9.17) is 0 Å². The Morgan fingerprint density at radius 2 is 2.08 bits per heavy atom. The van der Waals surface area contributed by atoms with Gasteiger partial charge in [0.15, 0.2) is 0 Å². The first kappa shape index (κ1) is 17.9. The van der Waals surface area contributed by atoms with Crippen molar-refractivity contribution in [2.24, 2.45) is 0 Å². The molecule has 2 fully saturated rings. The lowest BCUT2D eigenvalue weighted by Crippen LogP contribution is -2.59. The highest BCUT2D eigenvalue weighted by molar-refractivity contribution is 5.91. The number of rotatable bonds is 4. The third-order valence-electron chi connectivity index (χ3n) is 5.60. The van der Waals surface area contributed by atoms with E-state index in [2.05, 4.69) is 22.7 Å². The molecule has 0 aromatic carbocycles. The second kappa shape index (κ2) is 7.56. The van der Waals surface area contributed by atoms with Crippen LogP contribution in [0.25, 0.3) is 0 Å². The fourth-order valence-electron chi connectivity index (χ4n) is 3.99. The predicted molar refractivity (Wildman–Crippen MR) is 94.9 cm³/mol.